The molecule has 2 aromatic carbocycles. The van der Waals surface area contributed by atoms with Crippen molar-refractivity contribution in [1.29, 1.82) is 0 Å². The molecule has 0 bridgehead atoms. The van der Waals surface area contributed by atoms with Crippen molar-refractivity contribution in [3.63, 3.8) is 0 Å². The number of ether oxygens (including phenoxy) is 1. The van der Waals surface area contributed by atoms with Crippen LogP contribution in [-0.2, 0) is 10.0 Å². The van der Waals surface area contributed by atoms with Crippen molar-refractivity contribution in [1.82, 2.24) is 15.3 Å². The summed E-state index contributed by atoms with van der Waals surface area (Å²) >= 11 is 0. The number of piperazine rings is 1. The lowest BCUT2D eigenvalue weighted by Gasteiger charge is -2.36. The highest BCUT2D eigenvalue weighted by Crippen LogP contribution is 2.35. The second kappa shape index (κ2) is 10.1. The lowest BCUT2D eigenvalue weighted by atomic mass is 10.0. The first-order valence-corrected chi connectivity index (χ1v) is 13.2. The van der Waals surface area contributed by atoms with Gasteiger partial charge in [0.25, 0.3) is 10.0 Å². The van der Waals surface area contributed by atoms with Crippen LogP contribution in [0.1, 0.15) is 6.92 Å². The first-order chi connectivity index (χ1) is 18.2. The van der Waals surface area contributed by atoms with Gasteiger partial charge in [-0.2, -0.15) is 0 Å². The van der Waals surface area contributed by atoms with E-state index in [1.807, 2.05) is 24.3 Å². The number of halogens is 3. The number of methoxy groups -OCH3 is 1. The maximum Gasteiger partial charge on any atom is 0.267 e. The van der Waals surface area contributed by atoms with Gasteiger partial charge in [0.15, 0.2) is 4.90 Å². The van der Waals surface area contributed by atoms with E-state index in [1.165, 1.54) is 19.4 Å². The van der Waals surface area contributed by atoms with Crippen molar-refractivity contribution in [2.24, 2.45) is 0 Å². The van der Waals surface area contributed by atoms with Crippen LogP contribution >= 0.6 is 0 Å². The van der Waals surface area contributed by atoms with Gasteiger partial charge in [0.05, 0.1) is 12.6 Å². The number of fused-ring (bicyclic) bond motifs is 1. The summed E-state index contributed by atoms with van der Waals surface area (Å²) in [7, 11) is -3.52. The Bertz CT molecular complexity index is 1610. The third-order valence-corrected chi connectivity index (χ3v) is 7.80. The van der Waals surface area contributed by atoms with Crippen LogP contribution in [0, 0.1) is 17.5 Å². The van der Waals surface area contributed by atoms with Crippen molar-refractivity contribution in [2.75, 3.05) is 36.4 Å². The van der Waals surface area contributed by atoms with Crippen molar-refractivity contribution in [3.05, 3.63) is 72.3 Å². The molecule has 2 aromatic heterocycles. The molecule has 2 N–H and O–H groups in total. The Labute approximate surface area is 217 Å². The van der Waals surface area contributed by atoms with Crippen LogP contribution in [0.25, 0.3) is 22.0 Å². The van der Waals surface area contributed by atoms with Crippen LogP contribution in [0.15, 0.2) is 59.8 Å². The predicted octanol–water partition coefficient (Wildman–Crippen LogP) is 4.32. The summed E-state index contributed by atoms with van der Waals surface area (Å²) in [5.74, 6) is -4.47. The van der Waals surface area contributed by atoms with Gasteiger partial charge in [0.2, 0.25) is 5.88 Å². The van der Waals surface area contributed by atoms with E-state index in [1.54, 1.807) is 6.20 Å². The highest BCUT2D eigenvalue weighted by molar-refractivity contribution is 7.92. The summed E-state index contributed by atoms with van der Waals surface area (Å²) in [6.45, 7) is 4.68. The van der Waals surface area contributed by atoms with E-state index in [-0.39, 0.29) is 17.6 Å². The summed E-state index contributed by atoms with van der Waals surface area (Å²) in [6, 6.07) is 9.90. The van der Waals surface area contributed by atoms with Crippen LogP contribution in [0.3, 0.4) is 0 Å². The van der Waals surface area contributed by atoms with E-state index < -0.39 is 32.4 Å². The average molecular weight is 544 g/mol. The summed E-state index contributed by atoms with van der Waals surface area (Å²) in [5.41, 5.74) is 2.91. The van der Waals surface area contributed by atoms with Crippen LogP contribution in [0.2, 0.25) is 0 Å². The van der Waals surface area contributed by atoms with Crippen molar-refractivity contribution >= 4 is 32.3 Å². The molecule has 0 aliphatic carbocycles. The number of nitrogens with zero attached hydrogens (tertiary/aromatic N) is 3. The van der Waals surface area contributed by atoms with Gasteiger partial charge in [-0.25, -0.2) is 26.6 Å². The van der Waals surface area contributed by atoms with Gasteiger partial charge in [-0.15, -0.1) is 0 Å². The molecule has 0 spiro atoms. The molecule has 5 rings (SSSR count). The number of sulfonamides is 1. The van der Waals surface area contributed by atoms with Gasteiger partial charge in [0, 0.05) is 66.8 Å². The molecule has 0 saturated carbocycles. The lowest BCUT2D eigenvalue weighted by Crippen LogP contribution is -2.50. The third kappa shape index (κ3) is 4.84. The standard InChI is InChI=1S/C26H24F3N5O3S/c1-15-13-30-7-8-34(15)24-5-6-31-22-4-3-16(9-19(22)24)17-10-23(26(37-2)32-14-17)33-38(35,36)25-20(28)11-18(27)12-21(25)29/h3-6,9-12,14-15,30,33H,7-8,13H2,1-2H3/t15-/m0/s1. The number of aromatic nitrogens is 2. The zero-order chi connectivity index (χ0) is 27.0. The fourth-order valence-corrected chi connectivity index (χ4v) is 5.76. The number of rotatable bonds is 6. The zero-order valence-electron chi connectivity index (χ0n) is 20.5. The first-order valence-electron chi connectivity index (χ1n) is 11.8. The van der Waals surface area contributed by atoms with Gasteiger partial charge in [0.1, 0.15) is 23.1 Å². The maximum absolute atomic E-state index is 14.2. The lowest BCUT2D eigenvalue weighted by molar-refractivity contribution is 0.400. The number of nitrogens with one attached hydrogen (secondary N) is 2. The fraction of sp³-hybridized carbons (Fsp3) is 0.231. The molecule has 1 atom stereocenters. The van der Waals surface area contributed by atoms with Crippen LogP contribution in [0.4, 0.5) is 24.5 Å². The van der Waals surface area contributed by atoms with E-state index >= 15 is 0 Å². The van der Waals surface area contributed by atoms with E-state index in [4.69, 9.17) is 4.74 Å². The highest BCUT2D eigenvalue weighted by atomic mass is 32.2. The molecule has 198 valence electrons. The normalized spacial score (nSPS) is 16.0. The molecular formula is C26H24F3N5O3S. The molecule has 12 heteroatoms. The van der Waals surface area contributed by atoms with Gasteiger partial charge < -0.3 is 15.0 Å². The molecule has 0 unspecified atom stereocenters. The van der Waals surface area contributed by atoms with Crippen molar-refractivity contribution < 1.29 is 26.3 Å². The molecule has 0 amide bonds. The summed E-state index contributed by atoms with van der Waals surface area (Å²) < 4.78 is 74.9. The largest absolute Gasteiger partial charge is 0.480 e. The number of anilines is 2. The molecule has 1 fully saturated rings. The molecule has 1 saturated heterocycles. The SMILES string of the molecule is COc1ncc(-c2ccc3nccc(N4CCNC[C@@H]4C)c3c2)cc1NS(=O)(=O)c1c(F)cc(F)cc1F. The second-order valence-corrected chi connectivity index (χ2v) is 10.5. The average Bonchev–Trinajstić information content (AvgIpc) is 2.87. The molecule has 8 nitrogen and oxygen atoms in total. The molecular weight excluding hydrogens is 519 g/mol. The molecule has 0 radical (unpaired) electrons. The van der Waals surface area contributed by atoms with Gasteiger partial charge in [-0.1, -0.05) is 6.07 Å². The number of benzene rings is 2. The van der Waals surface area contributed by atoms with Crippen LogP contribution in [-0.4, -0.2) is 51.2 Å². The predicted molar refractivity (Wildman–Crippen MR) is 138 cm³/mol. The summed E-state index contributed by atoms with van der Waals surface area (Å²) in [4.78, 5) is 9.66. The Morgan fingerprint density at radius 2 is 1.82 bits per heavy atom. The Morgan fingerprint density at radius 1 is 1.05 bits per heavy atom. The van der Waals surface area contributed by atoms with E-state index in [9.17, 15) is 21.6 Å². The fourth-order valence-electron chi connectivity index (χ4n) is 4.59. The topological polar surface area (TPSA) is 96.5 Å². The quantitative estimate of drug-likeness (QED) is 0.374. The Kier molecular flexibility index (Phi) is 6.84. The van der Waals surface area contributed by atoms with Crippen LogP contribution < -0.4 is 19.7 Å². The van der Waals surface area contributed by atoms with Gasteiger partial charge in [-0.3, -0.25) is 9.71 Å². The molecule has 1 aliphatic heterocycles. The molecule has 1 aliphatic rings. The molecule has 38 heavy (non-hydrogen) atoms. The van der Waals surface area contributed by atoms with E-state index in [0.29, 0.717) is 23.3 Å². The van der Waals surface area contributed by atoms with Gasteiger partial charge in [-0.05, 0) is 36.8 Å². The number of pyridine rings is 2. The molecule has 4 aromatic rings. The van der Waals surface area contributed by atoms with Crippen molar-refractivity contribution in [3.8, 4) is 17.0 Å². The van der Waals surface area contributed by atoms with Gasteiger partial charge >= 0.3 is 0 Å². The monoisotopic (exact) mass is 543 g/mol. The Morgan fingerprint density at radius 3 is 2.53 bits per heavy atom. The van der Waals surface area contributed by atoms with E-state index in [2.05, 4.69) is 31.8 Å². The maximum atomic E-state index is 14.2. The van der Waals surface area contributed by atoms with Crippen molar-refractivity contribution in [2.45, 2.75) is 17.9 Å². The minimum absolute atomic E-state index is 0.113. The third-order valence-electron chi connectivity index (χ3n) is 6.38. The second-order valence-electron chi connectivity index (χ2n) is 8.89. The summed E-state index contributed by atoms with van der Waals surface area (Å²) in [5, 5.41) is 4.29. The molecule has 3 heterocycles. The first kappa shape index (κ1) is 25.7. The highest BCUT2D eigenvalue weighted by Gasteiger charge is 2.27. The van der Waals surface area contributed by atoms with Crippen LogP contribution in [0.5, 0.6) is 5.88 Å². The minimum Gasteiger partial charge on any atom is -0.480 e. The number of hydrogen-bond donors (Lipinski definition) is 2. The summed E-state index contributed by atoms with van der Waals surface area (Å²) in [6.07, 6.45) is 3.27. The Balaban J connectivity index is 1.56. The zero-order valence-corrected chi connectivity index (χ0v) is 21.3. The minimum atomic E-state index is -4.79. The smallest absolute Gasteiger partial charge is 0.267 e. The Hall–Kier alpha value is -3.90. The van der Waals surface area contributed by atoms with E-state index in [0.717, 1.165) is 36.2 Å². The number of hydrogen-bond acceptors (Lipinski definition) is 7.